The second kappa shape index (κ2) is 17.8. The molecule has 0 amide bonds. The number of ether oxygens (including phenoxy) is 1. The lowest BCUT2D eigenvalue weighted by atomic mass is 10.0. The Morgan fingerprint density at radius 2 is 1.13 bits per heavy atom. The van der Waals surface area contributed by atoms with Crippen LogP contribution in [0.2, 0.25) is 0 Å². The van der Waals surface area contributed by atoms with Crippen molar-refractivity contribution in [3.8, 4) is 0 Å². The van der Waals surface area contributed by atoms with Gasteiger partial charge in [0, 0.05) is 6.42 Å². The topological polar surface area (TPSA) is 113 Å². The quantitative estimate of drug-likeness (QED) is 0.134. The van der Waals surface area contributed by atoms with Crippen LogP contribution >= 0.6 is 0 Å². The second-order valence-corrected chi connectivity index (χ2v) is 11.3. The van der Waals surface area contributed by atoms with Gasteiger partial charge in [-0.05, 0) is 6.42 Å². The third-order valence-electron chi connectivity index (χ3n) is 4.69. The highest BCUT2D eigenvalue weighted by Gasteiger charge is 2.20. The molecule has 0 bridgehead atoms. The molecule has 0 N–H and O–H groups in total. The van der Waals surface area contributed by atoms with Gasteiger partial charge in [-0.25, -0.2) is 0 Å². The predicted molar refractivity (Wildman–Crippen MR) is 122 cm³/mol. The zero-order valence-electron chi connectivity index (χ0n) is 19.5. The third-order valence-corrected chi connectivity index (χ3v) is 5.88. The predicted octanol–water partition coefficient (Wildman–Crippen LogP) is 4.33. The molecular formula is C21H42O8S2. The van der Waals surface area contributed by atoms with E-state index in [2.05, 4.69) is 11.1 Å². The van der Waals surface area contributed by atoms with Gasteiger partial charge in [-0.1, -0.05) is 84.0 Å². The van der Waals surface area contributed by atoms with E-state index in [1.807, 2.05) is 0 Å². The highest BCUT2D eigenvalue weighted by atomic mass is 32.2. The average Bonchev–Trinajstić information content (AvgIpc) is 2.66. The number of rotatable bonds is 21. The van der Waals surface area contributed by atoms with E-state index in [0.717, 1.165) is 31.8 Å². The van der Waals surface area contributed by atoms with Gasteiger partial charge in [0.05, 0.1) is 19.1 Å². The van der Waals surface area contributed by atoms with Gasteiger partial charge in [0.25, 0.3) is 20.2 Å². The van der Waals surface area contributed by atoms with Crippen LogP contribution in [0.15, 0.2) is 0 Å². The molecule has 0 aliphatic heterocycles. The van der Waals surface area contributed by atoms with Crippen molar-refractivity contribution in [3.63, 3.8) is 0 Å². The minimum Gasteiger partial charge on any atom is -0.463 e. The molecule has 0 unspecified atom stereocenters. The number of esters is 1. The van der Waals surface area contributed by atoms with Crippen molar-refractivity contribution in [2.24, 2.45) is 0 Å². The van der Waals surface area contributed by atoms with Crippen molar-refractivity contribution in [3.05, 3.63) is 0 Å². The maximum atomic E-state index is 11.8. The van der Waals surface area contributed by atoms with E-state index in [1.54, 1.807) is 0 Å². The van der Waals surface area contributed by atoms with Crippen molar-refractivity contribution in [1.29, 1.82) is 0 Å². The van der Waals surface area contributed by atoms with Gasteiger partial charge in [-0.2, -0.15) is 16.8 Å². The number of hydrogen-bond donors (Lipinski definition) is 0. The Labute approximate surface area is 189 Å². The summed E-state index contributed by atoms with van der Waals surface area (Å²) in [5.41, 5.74) is 0. The first kappa shape index (κ1) is 30.3. The monoisotopic (exact) mass is 486 g/mol. The molecule has 0 fully saturated rings. The lowest BCUT2D eigenvalue weighted by molar-refractivity contribution is -0.146. The normalized spacial score (nSPS) is 13.3. The van der Waals surface area contributed by atoms with Crippen LogP contribution in [-0.4, -0.2) is 54.6 Å². The Kier molecular flexibility index (Phi) is 17.4. The molecule has 0 aliphatic carbocycles. The molecular weight excluding hydrogens is 444 g/mol. The molecule has 0 rings (SSSR count). The summed E-state index contributed by atoms with van der Waals surface area (Å²) in [5, 5.41) is 0. The molecule has 0 radical (unpaired) electrons. The van der Waals surface area contributed by atoms with Crippen molar-refractivity contribution < 1.29 is 34.7 Å². The Bertz CT molecular complexity index is 659. The van der Waals surface area contributed by atoms with Crippen LogP contribution in [-0.2, 0) is 38.1 Å². The fourth-order valence-electron chi connectivity index (χ4n) is 3.10. The summed E-state index contributed by atoms with van der Waals surface area (Å²) in [4.78, 5) is 11.8. The zero-order chi connectivity index (χ0) is 23.6. The van der Waals surface area contributed by atoms with Gasteiger partial charge in [0.2, 0.25) is 0 Å². The van der Waals surface area contributed by atoms with E-state index in [4.69, 9.17) is 8.92 Å². The molecule has 0 aromatic carbocycles. The minimum atomic E-state index is -3.85. The summed E-state index contributed by atoms with van der Waals surface area (Å²) < 4.78 is 58.9. The van der Waals surface area contributed by atoms with E-state index in [-0.39, 0.29) is 13.0 Å². The Morgan fingerprint density at radius 1 is 0.677 bits per heavy atom. The molecule has 0 spiro atoms. The molecule has 1 atom stereocenters. The van der Waals surface area contributed by atoms with Gasteiger partial charge in [0.1, 0.15) is 12.7 Å². The maximum absolute atomic E-state index is 11.8. The SMILES string of the molecule is CCCCCCCCCCCCCCCC(=O)OC[C@@H](COS(C)(=O)=O)OS(C)(=O)=O. The van der Waals surface area contributed by atoms with E-state index < -0.39 is 38.9 Å². The van der Waals surface area contributed by atoms with Crippen LogP contribution in [0.25, 0.3) is 0 Å². The van der Waals surface area contributed by atoms with Gasteiger partial charge >= 0.3 is 5.97 Å². The highest BCUT2D eigenvalue weighted by molar-refractivity contribution is 7.86. The molecule has 0 saturated heterocycles. The van der Waals surface area contributed by atoms with Crippen molar-refractivity contribution >= 4 is 26.2 Å². The Balaban J connectivity index is 3.78. The highest BCUT2D eigenvalue weighted by Crippen LogP contribution is 2.13. The Morgan fingerprint density at radius 3 is 1.55 bits per heavy atom. The molecule has 10 heteroatoms. The zero-order valence-corrected chi connectivity index (χ0v) is 21.1. The summed E-state index contributed by atoms with van der Waals surface area (Å²) in [6.07, 6.45) is 16.4. The largest absolute Gasteiger partial charge is 0.463 e. The molecule has 0 aromatic rings. The summed E-state index contributed by atoms with van der Waals surface area (Å²) in [7, 11) is -7.61. The van der Waals surface area contributed by atoms with Crippen LogP contribution in [0, 0.1) is 0 Å². The lowest BCUT2D eigenvalue weighted by Gasteiger charge is -2.15. The summed E-state index contributed by atoms with van der Waals surface area (Å²) in [6.45, 7) is 1.30. The molecule has 0 aromatic heterocycles. The van der Waals surface area contributed by atoms with E-state index in [9.17, 15) is 21.6 Å². The van der Waals surface area contributed by atoms with Crippen molar-refractivity contribution in [2.45, 2.75) is 103 Å². The summed E-state index contributed by atoms with van der Waals surface area (Å²) >= 11 is 0. The van der Waals surface area contributed by atoms with Gasteiger partial charge in [-0.3, -0.25) is 13.2 Å². The van der Waals surface area contributed by atoms with E-state index >= 15 is 0 Å². The van der Waals surface area contributed by atoms with Gasteiger partial charge in [0.15, 0.2) is 0 Å². The fourth-order valence-corrected chi connectivity index (χ4v) is 4.10. The minimum absolute atomic E-state index is 0.232. The van der Waals surface area contributed by atoms with E-state index in [1.165, 1.54) is 57.8 Å². The van der Waals surface area contributed by atoms with Crippen LogP contribution in [0.5, 0.6) is 0 Å². The van der Waals surface area contributed by atoms with Crippen LogP contribution in [0.4, 0.5) is 0 Å². The van der Waals surface area contributed by atoms with Crippen LogP contribution in [0.3, 0.4) is 0 Å². The van der Waals surface area contributed by atoms with Crippen LogP contribution in [0.1, 0.15) is 96.8 Å². The van der Waals surface area contributed by atoms with Crippen molar-refractivity contribution in [1.82, 2.24) is 0 Å². The number of hydrogen-bond acceptors (Lipinski definition) is 8. The lowest BCUT2D eigenvalue weighted by Crippen LogP contribution is -2.30. The second-order valence-electron chi connectivity index (χ2n) is 8.09. The molecule has 31 heavy (non-hydrogen) atoms. The standard InChI is InChI=1S/C21H42O8S2/c1-4-5-6-7-8-9-10-11-12-13-14-15-16-17-21(22)27-18-20(29-31(3,25)26)19-28-30(2,23)24/h20H,4-19H2,1-3H3/t20-/m0/s1. The fraction of sp³-hybridized carbons (Fsp3) is 0.952. The van der Waals surface area contributed by atoms with Crippen molar-refractivity contribution in [2.75, 3.05) is 25.7 Å². The van der Waals surface area contributed by atoms with Gasteiger partial charge in [-0.15, -0.1) is 0 Å². The van der Waals surface area contributed by atoms with Gasteiger partial charge < -0.3 is 4.74 Å². The maximum Gasteiger partial charge on any atom is 0.305 e. The number of carbonyl (C=O) groups is 1. The first-order chi connectivity index (χ1) is 14.5. The summed E-state index contributed by atoms with van der Waals surface area (Å²) in [5.74, 6) is -0.468. The summed E-state index contributed by atoms with van der Waals surface area (Å²) in [6, 6.07) is 0. The smallest absolute Gasteiger partial charge is 0.305 e. The molecule has 0 heterocycles. The third kappa shape index (κ3) is 23.8. The number of unbranched alkanes of at least 4 members (excludes halogenated alkanes) is 12. The average molecular weight is 487 g/mol. The van der Waals surface area contributed by atoms with Crippen LogP contribution < -0.4 is 0 Å². The number of carbonyl (C=O) groups excluding carboxylic acids is 1. The molecule has 0 aliphatic rings. The molecule has 186 valence electrons. The first-order valence-corrected chi connectivity index (χ1v) is 15.0. The molecule has 8 nitrogen and oxygen atoms in total. The molecule has 0 saturated carbocycles. The Hall–Kier alpha value is -0.710. The first-order valence-electron chi connectivity index (χ1n) is 11.4. The van der Waals surface area contributed by atoms with E-state index in [0.29, 0.717) is 6.42 Å².